The van der Waals surface area contributed by atoms with Crippen LogP contribution in [0.2, 0.25) is 0 Å². The zero-order valence-electron chi connectivity index (χ0n) is 20.7. The van der Waals surface area contributed by atoms with Gasteiger partial charge in [-0.25, -0.2) is 0 Å². The molecule has 3 N–H and O–H groups in total. The summed E-state index contributed by atoms with van der Waals surface area (Å²) in [6.07, 6.45) is 0. The van der Waals surface area contributed by atoms with E-state index in [0.29, 0.717) is 0 Å². The van der Waals surface area contributed by atoms with Crippen LogP contribution in [-0.4, -0.2) is 19.9 Å². The first-order valence-electron chi connectivity index (χ1n) is 12.7. The lowest BCUT2D eigenvalue weighted by molar-refractivity contribution is 0.240. The van der Waals surface area contributed by atoms with Crippen LogP contribution in [0, 0.1) is 0 Å². The molecule has 6 rings (SSSR count). The van der Waals surface area contributed by atoms with Gasteiger partial charge in [0.05, 0.1) is 0 Å². The minimum Gasteiger partial charge on any atom is -0.357 e. The molecule has 0 aliphatic carbocycles. The van der Waals surface area contributed by atoms with Crippen molar-refractivity contribution in [2.45, 2.75) is 19.6 Å². The van der Waals surface area contributed by atoms with Crippen LogP contribution in [0.25, 0.3) is 33.8 Å². The van der Waals surface area contributed by atoms with Crippen LogP contribution in [0.1, 0.15) is 17.1 Å². The molecule has 3 heterocycles. The number of rotatable bonds is 9. The highest BCUT2D eigenvalue weighted by Gasteiger charge is 2.13. The third-order valence-electron chi connectivity index (χ3n) is 6.68. The van der Waals surface area contributed by atoms with E-state index in [4.69, 9.17) is 0 Å². The molecule has 0 aliphatic heterocycles. The standard InChI is InChI=1S/C33H30N4/c1-4-10-25(11-5-1)31-19-16-28(34-31)22-37(23-29-17-20-32(35-29)26-12-6-2-7-13-26)24-30-18-21-33(36-30)27-14-8-3-9-15-27/h1-21,34-36H,22-24H2. The summed E-state index contributed by atoms with van der Waals surface area (Å²) < 4.78 is 0. The fourth-order valence-corrected chi connectivity index (χ4v) is 4.85. The summed E-state index contributed by atoms with van der Waals surface area (Å²) in [5, 5.41) is 0. The Morgan fingerprint density at radius 1 is 0.351 bits per heavy atom. The van der Waals surface area contributed by atoms with Gasteiger partial charge in [0, 0.05) is 53.8 Å². The second-order valence-corrected chi connectivity index (χ2v) is 9.43. The lowest BCUT2D eigenvalue weighted by atomic mass is 10.2. The van der Waals surface area contributed by atoms with Crippen molar-refractivity contribution in [3.63, 3.8) is 0 Å². The van der Waals surface area contributed by atoms with Gasteiger partial charge in [-0.3, -0.25) is 4.90 Å². The highest BCUT2D eigenvalue weighted by atomic mass is 15.1. The van der Waals surface area contributed by atoms with E-state index in [-0.39, 0.29) is 0 Å². The molecule has 6 aromatic rings. The summed E-state index contributed by atoms with van der Waals surface area (Å²) in [5.41, 5.74) is 10.6. The number of H-pyrrole nitrogens is 3. The summed E-state index contributed by atoms with van der Waals surface area (Å²) in [6, 6.07) is 44.6. The molecule has 0 saturated carbocycles. The first kappa shape index (κ1) is 22.9. The lowest BCUT2D eigenvalue weighted by Gasteiger charge is -2.21. The predicted molar refractivity (Wildman–Crippen MR) is 152 cm³/mol. The smallest absolute Gasteiger partial charge is 0.0456 e. The van der Waals surface area contributed by atoms with Crippen molar-refractivity contribution >= 4 is 0 Å². The highest BCUT2D eigenvalue weighted by Crippen LogP contribution is 2.23. The number of aromatic nitrogens is 3. The van der Waals surface area contributed by atoms with Gasteiger partial charge in [0.1, 0.15) is 0 Å². The van der Waals surface area contributed by atoms with Crippen molar-refractivity contribution in [2.24, 2.45) is 0 Å². The van der Waals surface area contributed by atoms with Crippen molar-refractivity contribution in [3.8, 4) is 33.8 Å². The van der Waals surface area contributed by atoms with E-state index in [1.807, 2.05) is 0 Å². The second kappa shape index (κ2) is 10.6. The molecule has 37 heavy (non-hydrogen) atoms. The Morgan fingerprint density at radius 2 is 0.649 bits per heavy atom. The topological polar surface area (TPSA) is 50.6 Å². The van der Waals surface area contributed by atoms with E-state index in [1.54, 1.807) is 0 Å². The van der Waals surface area contributed by atoms with Crippen molar-refractivity contribution in [2.75, 3.05) is 0 Å². The van der Waals surface area contributed by atoms with Gasteiger partial charge in [-0.2, -0.15) is 0 Å². The summed E-state index contributed by atoms with van der Waals surface area (Å²) in [5.74, 6) is 0. The van der Waals surface area contributed by atoms with Crippen LogP contribution in [0.3, 0.4) is 0 Å². The number of nitrogens with one attached hydrogen (secondary N) is 3. The molecular weight excluding hydrogens is 452 g/mol. The summed E-state index contributed by atoms with van der Waals surface area (Å²) in [7, 11) is 0. The number of nitrogens with zero attached hydrogens (tertiary/aromatic N) is 1. The van der Waals surface area contributed by atoms with Crippen molar-refractivity contribution < 1.29 is 0 Å². The van der Waals surface area contributed by atoms with Gasteiger partial charge in [0.15, 0.2) is 0 Å². The Balaban J connectivity index is 1.24. The molecule has 0 bridgehead atoms. The Bertz CT molecular complexity index is 1350. The van der Waals surface area contributed by atoms with Crippen LogP contribution < -0.4 is 0 Å². The van der Waals surface area contributed by atoms with E-state index in [0.717, 1.165) is 36.7 Å². The predicted octanol–water partition coefficient (Wildman–Crippen LogP) is 7.87. The number of benzene rings is 3. The van der Waals surface area contributed by atoms with Crippen molar-refractivity contribution in [1.29, 1.82) is 0 Å². The monoisotopic (exact) mass is 482 g/mol. The third kappa shape index (κ3) is 5.50. The molecule has 0 radical (unpaired) electrons. The van der Waals surface area contributed by atoms with Gasteiger partial charge in [-0.15, -0.1) is 0 Å². The van der Waals surface area contributed by atoms with Crippen LogP contribution in [0.15, 0.2) is 127 Å². The van der Waals surface area contributed by atoms with Crippen molar-refractivity contribution in [1.82, 2.24) is 19.9 Å². The SMILES string of the molecule is c1ccc(-c2ccc(CN(Cc3ccc(-c4ccccc4)[nH]3)Cc3ccc(-c4ccccc4)[nH]3)[nH]2)cc1. The Kier molecular flexibility index (Phi) is 6.56. The molecule has 3 aromatic carbocycles. The summed E-state index contributed by atoms with van der Waals surface area (Å²) in [4.78, 5) is 13.4. The van der Waals surface area contributed by atoms with Gasteiger partial charge in [-0.05, 0) is 53.1 Å². The molecule has 0 saturated heterocycles. The quantitative estimate of drug-likeness (QED) is 0.193. The molecule has 0 atom stereocenters. The van der Waals surface area contributed by atoms with Crippen LogP contribution in [0.5, 0.6) is 0 Å². The third-order valence-corrected chi connectivity index (χ3v) is 6.68. The Hall–Kier alpha value is -4.54. The highest BCUT2D eigenvalue weighted by molar-refractivity contribution is 5.61. The van der Waals surface area contributed by atoms with E-state index < -0.39 is 0 Å². The molecule has 0 amide bonds. The van der Waals surface area contributed by atoms with Crippen LogP contribution in [-0.2, 0) is 19.6 Å². The summed E-state index contributed by atoms with van der Waals surface area (Å²) >= 11 is 0. The van der Waals surface area contributed by atoms with Gasteiger partial charge < -0.3 is 15.0 Å². The number of hydrogen-bond donors (Lipinski definition) is 3. The first-order valence-corrected chi connectivity index (χ1v) is 12.7. The minimum absolute atomic E-state index is 0.812. The van der Waals surface area contributed by atoms with Crippen LogP contribution >= 0.6 is 0 Å². The molecule has 182 valence electrons. The first-order chi connectivity index (χ1) is 18.3. The largest absolute Gasteiger partial charge is 0.357 e. The number of hydrogen-bond acceptors (Lipinski definition) is 1. The van der Waals surface area contributed by atoms with E-state index in [2.05, 4.69) is 147 Å². The normalized spacial score (nSPS) is 11.3. The maximum atomic E-state index is 3.63. The van der Waals surface area contributed by atoms with Gasteiger partial charge in [-0.1, -0.05) is 91.0 Å². The maximum absolute atomic E-state index is 3.63. The fraction of sp³-hybridized carbons (Fsp3) is 0.0909. The fourth-order valence-electron chi connectivity index (χ4n) is 4.85. The molecule has 0 spiro atoms. The molecule has 3 aromatic heterocycles. The molecule has 4 heteroatoms. The second-order valence-electron chi connectivity index (χ2n) is 9.43. The van der Waals surface area contributed by atoms with Gasteiger partial charge >= 0.3 is 0 Å². The van der Waals surface area contributed by atoms with E-state index >= 15 is 0 Å². The Morgan fingerprint density at radius 3 is 0.946 bits per heavy atom. The lowest BCUT2D eigenvalue weighted by Crippen LogP contribution is -2.23. The summed E-state index contributed by atoms with van der Waals surface area (Å²) in [6.45, 7) is 2.44. The number of aromatic amines is 3. The van der Waals surface area contributed by atoms with Crippen LogP contribution in [0.4, 0.5) is 0 Å². The molecule has 0 aliphatic rings. The zero-order chi connectivity index (χ0) is 24.9. The zero-order valence-corrected chi connectivity index (χ0v) is 20.7. The van der Waals surface area contributed by atoms with Gasteiger partial charge in [0.2, 0.25) is 0 Å². The van der Waals surface area contributed by atoms with Gasteiger partial charge in [0.25, 0.3) is 0 Å². The van der Waals surface area contributed by atoms with Crippen molar-refractivity contribution in [3.05, 3.63) is 144 Å². The minimum atomic E-state index is 0.812. The molecular formula is C33H30N4. The molecule has 0 fully saturated rings. The molecule has 4 nitrogen and oxygen atoms in total. The van der Waals surface area contributed by atoms with E-state index in [9.17, 15) is 0 Å². The average molecular weight is 483 g/mol. The molecule has 0 unspecified atom stereocenters. The maximum Gasteiger partial charge on any atom is 0.0456 e. The van der Waals surface area contributed by atoms with E-state index in [1.165, 1.54) is 33.8 Å². The average Bonchev–Trinajstić information content (AvgIpc) is 3.72. The Labute approximate surface area is 217 Å².